The van der Waals surface area contributed by atoms with Gasteiger partial charge in [-0.15, -0.1) is 0 Å². The van der Waals surface area contributed by atoms with E-state index in [1.807, 2.05) is 17.9 Å². The molecule has 0 bridgehead atoms. The van der Waals surface area contributed by atoms with E-state index >= 15 is 0 Å². The molecule has 21 heavy (non-hydrogen) atoms. The highest BCUT2D eigenvalue weighted by atomic mass is 16.5. The molecule has 0 fully saturated rings. The number of hydrogen-bond acceptors (Lipinski definition) is 3. The van der Waals surface area contributed by atoms with Crippen molar-refractivity contribution in [3.63, 3.8) is 0 Å². The van der Waals surface area contributed by atoms with Crippen LogP contribution in [0.3, 0.4) is 0 Å². The number of fused-ring (bicyclic) bond motifs is 1. The highest BCUT2D eigenvalue weighted by molar-refractivity contribution is 5.35. The Balaban J connectivity index is 1.80. The Morgan fingerprint density at radius 3 is 2.90 bits per heavy atom. The van der Waals surface area contributed by atoms with Gasteiger partial charge in [-0.25, -0.2) is 0 Å². The van der Waals surface area contributed by atoms with Crippen LogP contribution in [0.25, 0.3) is 0 Å². The summed E-state index contributed by atoms with van der Waals surface area (Å²) >= 11 is 0. The van der Waals surface area contributed by atoms with E-state index in [2.05, 4.69) is 41.6 Å². The zero-order valence-electron chi connectivity index (χ0n) is 12.8. The van der Waals surface area contributed by atoms with Crippen LogP contribution in [0.5, 0.6) is 0 Å². The van der Waals surface area contributed by atoms with Crippen LogP contribution in [0.2, 0.25) is 0 Å². The third kappa shape index (κ3) is 3.34. The van der Waals surface area contributed by atoms with Crippen LogP contribution < -0.4 is 5.32 Å². The zero-order valence-corrected chi connectivity index (χ0v) is 12.8. The number of aryl methyl sites for hydroxylation is 1. The van der Waals surface area contributed by atoms with Gasteiger partial charge in [-0.05, 0) is 35.7 Å². The Kier molecular flexibility index (Phi) is 4.36. The van der Waals surface area contributed by atoms with Crippen LogP contribution in [-0.2, 0) is 31.4 Å². The van der Waals surface area contributed by atoms with E-state index in [1.54, 1.807) is 0 Å². The van der Waals surface area contributed by atoms with Gasteiger partial charge in [-0.3, -0.25) is 4.68 Å². The topological polar surface area (TPSA) is 39.1 Å². The largest absolute Gasteiger partial charge is 0.372 e. The van der Waals surface area contributed by atoms with Gasteiger partial charge in [-0.1, -0.05) is 25.1 Å². The number of hydrogen-bond donors (Lipinski definition) is 1. The number of ether oxygens (including phenoxy) is 1. The molecule has 0 saturated carbocycles. The van der Waals surface area contributed by atoms with Crippen molar-refractivity contribution in [2.75, 3.05) is 6.54 Å². The number of nitrogens with zero attached hydrogens (tertiary/aromatic N) is 2. The molecule has 0 radical (unpaired) electrons. The fourth-order valence-corrected chi connectivity index (χ4v) is 2.82. The molecular formula is C17H23N3O. The molecule has 1 aliphatic heterocycles. The molecule has 112 valence electrons. The minimum absolute atomic E-state index is 0.311. The van der Waals surface area contributed by atoms with E-state index < -0.39 is 0 Å². The molecule has 4 heteroatoms. The number of nitrogens with one attached hydrogen (secondary N) is 1. The first kappa shape index (κ1) is 14.3. The second kappa shape index (κ2) is 6.41. The van der Waals surface area contributed by atoms with E-state index in [4.69, 9.17) is 4.74 Å². The van der Waals surface area contributed by atoms with E-state index in [1.165, 1.54) is 16.7 Å². The number of rotatable bonds is 6. The third-order valence-electron chi connectivity index (χ3n) is 3.97. The summed E-state index contributed by atoms with van der Waals surface area (Å²) in [5.41, 5.74) is 5.11. The van der Waals surface area contributed by atoms with Gasteiger partial charge in [0.05, 0.1) is 18.9 Å². The summed E-state index contributed by atoms with van der Waals surface area (Å²) in [6.45, 7) is 4.71. The molecule has 0 saturated heterocycles. The quantitative estimate of drug-likeness (QED) is 0.887. The van der Waals surface area contributed by atoms with Gasteiger partial charge in [0.1, 0.15) is 0 Å². The molecule has 2 heterocycles. The molecule has 0 amide bonds. The highest BCUT2D eigenvalue weighted by Gasteiger charge is 2.17. The molecule has 1 aliphatic rings. The average molecular weight is 285 g/mol. The molecule has 1 N–H and O–H groups in total. The van der Waals surface area contributed by atoms with Gasteiger partial charge in [0.2, 0.25) is 0 Å². The fourth-order valence-electron chi connectivity index (χ4n) is 2.82. The molecular weight excluding hydrogens is 262 g/mol. The van der Waals surface area contributed by atoms with Crippen molar-refractivity contribution in [2.45, 2.75) is 39.0 Å². The molecule has 0 aliphatic carbocycles. The van der Waals surface area contributed by atoms with Gasteiger partial charge in [0, 0.05) is 25.7 Å². The van der Waals surface area contributed by atoms with Gasteiger partial charge < -0.3 is 10.1 Å². The fraction of sp³-hybridized carbons (Fsp3) is 0.471. The maximum absolute atomic E-state index is 5.52. The van der Waals surface area contributed by atoms with Crippen molar-refractivity contribution in [1.82, 2.24) is 15.1 Å². The van der Waals surface area contributed by atoms with Gasteiger partial charge >= 0.3 is 0 Å². The maximum atomic E-state index is 5.52. The molecule has 1 unspecified atom stereocenters. The second-order valence-electron chi connectivity index (χ2n) is 5.71. The van der Waals surface area contributed by atoms with E-state index in [0.717, 1.165) is 38.3 Å². The Bertz CT molecular complexity index is 606. The normalized spacial score (nSPS) is 15.1. The zero-order chi connectivity index (χ0) is 14.7. The van der Waals surface area contributed by atoms with Crippen molar-refractivity contribution in [3.8, 4) is 0 Å². The maximum Gasteiger partial charge on any atom is 0.0725 e. The number of benzene rings is 1. The van der Waals surface area contributed by atoms with Gasteiger partial charge in [-0.2, -0.15) is 5.10 Å². The van der Waals surface area contributed by atoms with E-state index in [0.29, 0.717) is 6.04 Å². The monoisotopic (exact) mass is 285 g/mol. The molecule has 4 nitrogen and oxygen atoms in total. The summed E-state index contributed by atoms with van der Waals surface area (Å²) < 4.78 is 7.38. The van der Waals surface area contributed by atoms with Crippen molar-refractivity contribution in [3.05, 3.63) is 52.8 Å². The molecule has 2 aromatic rings. The predicted molar refractivity (Wildman–Crippen MR) is 82.9 cm³/mol. The summed E-state index contributed by atoms with van der Waals surface area (Å²) in [5, 5.41) is 8.15. The summed E-state index contributed by atoms with van der Waals surface area (Å²) in [5.74, 6) is 0. The molecule has 0 spiro atoms. The Hall–Kier alpha value is -1.65. The first-order valence-corrected chi connectivity index (χ1v) is 7.67. The van der Waals surface area contributed by atoms with E-state index in [9.17, 15) is 0 Å². The first-order chi connectivity index (χ1) is 10.3. The van der Waals surface area contributed by atoms with Crippen LogP contribution in [-0.4, -0.2) is 16.3 Å². The predicted octanol–water partition coefficient (Wildman–Crippen LogP) is 2.73. The number of aromatic nitrogens is 2. The Morgan fingerprint density at radius 2 is 2.14 bits per heavy atom. The third-order valence-corrected chi connectivity index (χ3v) is 3.97. The van der Waals surface area contributed by atoms with Crippen LogP contribution in [0.15, 0.2) is 30.5 Å². The van der Waals surface area contributed by atoms with Gasteiger partial charge in [0.15, 0.2) is 0 Å². The van der Waals surface area contributed by atoms with Gasteiger partial charge in [0.25, 0.3) is 0 Å². The lowest BCUT2D eigenvalue weighted by atomic mass is 9.98. The first-order valence-electron chi connectivity index (χ1n) is 7.67. The van der Waals surface area contributed by atoms with Crippen molar-refractivity contribution >= 4 is 0 Å². The Labute approximate surface area is 126 Å². The van der Waals surface area contributed by atoms with Crippen LogP contribution in [0.1, 0.15) is 41.8 Å². The smallest absolute Gasteiger partial charge is 0.0725 e. The minimum atomic E-state index is 0.311. The van der Waals surface area contributed by atoms with Crippen LogP contribution >= 0.6 is 0 Å². The summed E-state index contributed by atoms with van der Waals surface area (Å²) in [6, 6.07) is 9.13. The highest BCUT2D eigenvalue weighted by Crippen LogP contribution is 2.25. The average Bonchev–Trinajstić information content (AvgIpc) is 3.11. The molecule has 1 aromatic heterocycles. The molecule has 3 rings (SSSR count). The lowest BCUT2D eigenvalue weighted by Gasteiger charge is -2.19. The van der Waals surface area contributed by atoms with Crippen molar-refractivity contribution < 1.29 is 4.74 Å². The SMILES string of the molecule is CCCNC(Cc1ccn(C)n1)c1ccc2c(c1)COC2. The van der Waals surface area contributed by atoms with Crippen LogP contribution in [0, 0.1) is 0 Å². The molecule has 1 aromatic carbocycles. The van der Waals surface area contributed by atoms with Crippen molar-refractivity contribution in [1.29, 1.82) is 0 Å². The van der Waals surface area contributed by atoms with E-state index in [-0.39, 0.29) is 0 Å². The molecule has 1 atom stereocenters. The van der Waals surface area contributed by atoms with Crippen LogP contribution in [0.4, 0.5) is 0 Å². The lowest BCUT2D eigenvalue weighted by Crippen LogP contribution is -2.24. The lowest BCUT2D eigenvalue weighted by molar-refractivity contribution is 0.134. The summed E-state index contributed by atoms with van der Waals surface area (Å²) in [6.07, 6.45) is 4.05. The summed E-state index contributed by atoms with van der Waals surface area (Å²) in [7, 11) is 1.96. The standard InChI is InChI=1S/C17H23N3O/c1-3-7-18-17(10-16-6-8-20(2)19-16)13-4-5-14-11-21-12-15(14)9-13/h4-6,8-9,17-18H,3,7,10-12H2,1-2H3. The minimum Gasteiger partial charge on any atom is -0.372 e. The van der Waals surface area contributed by atoms with Crippen molar-refractivity contribution in [2.24, 2.45) is 7.05 Å². The second-order valence-corrected chi connectivity index (χ2v) is 5.71. The Morgan fingerprint density at radius 1 is 1.29 bits per heavy atom. The summed E-state index contributed by atoms with van der Waals surface area (Å²) in [4.78, 5) is 0.